The molecule has 0 saturated carbocycles. The maximum atomic E-state index is 9.87. The lowest BCUT2D eigenvalue weighted by Gasteiger charge is -2.41. The van der Waals surface area contributed by atoms with Gasteiger partial charge in [-0.2, -0.15) is 0 Å². The fourth-order valence-corrected chi connectivity index (χ4v) is 1.46. The van der Waals surface area contributed by atoms with Gasteiger partial charge in [0.1, 0.15) is 24.9 Å². The van der Waals surface area contributed by atoms with E-state index in [1.165, 1.54) is 0 Å². The molecule has 1 heterocycles. The molecule has 1 rings (SSSR count). The summed E-state index contributed by atoms with van der Waals surface area (Å²) in [6, 6.07) is 0. The molecule has 0 bridgehead atoms. The summed E-state index contributed by atoms with van der Waals surface area (Å²) >= 11 is 0. The maximum Gasteiger partial charge on any atom is 0.219 e. The van der Waals surface area contributed by atoms with Crippen molar-refractivity contribution in [2.45, 2.75) is 37.9 Å². The average Bonchev–Trinajstić information content (AvgIpc) is 2.21. The Bertz CT molecular complexity index is 221. The van der Waals surface area contributed by atoms with Crippen LogP contribution in [0.2, 0.25) is 0 Å². The van der Waals surface area contributed by atoms with Crippen LogP contribution in [-0.4, -0.2) is 64.3 Å². The van der Waals surface area contributed by atoms with E-state index in [0.29, 0.717) is 12.5 Å². The minimum Gasteiger partial charge on any atom is -0.388 e. The molecule has 4 N–H and O–H groups in total. The van der Waals surface area contributed by atoms with Gasteiger partial charge in [-0.3, -0.25) is 0 Å². The minimum atomic E-state index is -1.95. The first kappa shape index (κ1) is 13.8. The van der Waals surface area contributed by atoms with Gasteiger partial charge >= 0.3 is 0 Å². The van der Waals surface area contributed by atoms with Gasteiger partial charge in [0.05, 0.1) is 6.61 Å². The molecular formula is C10H20O6. The van der Waals surface area contributed by atoms with Crippen LogP contribution in [0.25, 0.3) is 0 Å². The van der Waals surface area contributed by atoms with Crippen molar-refractivity contribution in [2.75, 3.05) is 19.8 Å². The van der Waals surface area contributed by atoms with Gasteiger partial charge < -0.3 is 29.9 Å². The van der Waals surface area contributed by atoms with E-state index in [2.05, 4.69) is 0 Å². The van der Waals surface area contributed by atoms with Crippen LogP contribution in [0.4, 0.5) is 0 Å². The van der Waals surface area contributed by atoms with Gasteiger partial charge in [-0.05, 0) is 5.92 Å². The molecular weight excluding hydrogens is 216 g/mol. The van der Waals surface area contributed by atoms with Crippen LogP contribution in [0, 0.1) is 5.92 Å². The number of rotatable bonds is 4. The van der Waals surface area contributed by atoms with Crippen LogP contribution in [0.1, 0.15) is 13.8 Å². The van der Waals surface area contributed by atoms with E-state index in [1.54, 1.807) is 0 Å². The molecule has 0 aliphatic carbocycles. The lowest BCUT2D eigenvalue weighted by molar-refractivity contribution is -0.335. The highest BCUT2D eigenvalue weighted by Crippen LogP contribution is 2.24. The van der Waals surface area contributed by atoms with Gasteiger partial charge in [0.2, 0.25) is 5.79 Å². The van der Waals surface area contributed by atoms with Gasteiger partial charge in [0.15, 0.2) is 0 Å². The Labute approximate surface area is 94.4 Å². The highest BCUT2D eigenvalue weighted by molar-refractivity contribution is 4.91. The lowest BCUT2D eigenvalue weighted by Crippen LogP contribution is -2.62. The Morgan fingerprint density at radius 1 is 1.38 bits per heavy atom. The highest BCUT2D eigenvalue weighted by atomic mass is 16.7. The molecule has 1 aliphatic heterocycles. The Balaban J connectivity index is 2.49. The summed E-state index contributed by atoms with van der Waals surface area (Å²) in [7, 11) is 0. The van der Waals surface area contributed by atoms with E-state index < -0.39 is 24.1 Å². The predicted molar refractivity (Wildman–Crippen MR) is 54.6 cm³/mol. The Hall–Kier alpha value is -0.240. The fourth-order valence-electron chi connectivity index (χ4n) is 1.46. The molecule has 6 nitrogen and oxygen atoms in total. The second-order valence-electron chi connectivity index (χ2n) is 4.57. The molecule has 6 heteroatoms. The van der Waals surface area contributed by atoms with Crippen molar-refractivity contribution in [1.82, 2.24) is 0 Å². The zero-order valence-corrected chi connectivity index (χ0v) is 9.54. The lowest BCUT2D eigenvalue weighted by atomic mass is 9.97. The number of ether oxygens (including phenoxy) is 2. The normalized spacial score (nSPS) is 40.3. The largest absolute Gasteiger partial charge is 0.388 e. The second-order valence-corrected chi connectivity index (χ2v) is 4.57. The number of aliphatic hydroxyl groups is 4. The summed E-state index contributed by atoms with van der Waals surface area (Å²) in [4.78, 5) is 0. The molecule has 0 amide bonds. The zero-order valence-electron chi connectivity index (χ0n) is 9.54. The van der Waals surface area contributed by atoms with Gasteiger partial charge in [0.25, 0.3) is 0 Å². The van der Waals surface area contributed by atoms with E-state index >= 15 is 0 Å². The first-order valence-corrected chi connectivity index (χ1v) is 5.35. The van der Waals surface area contributed by atoms with Crippen molar-refractivity contribution in [3.8, 4) is 0 Å². The summed E-state index contributed by atoms with van der Waals surface area (Å²) < 4.78 is 10.1. The third kappa shape index (κ3) is 3.13. The topological polar surface area (TPSA) is 99.4 Å². The molecule has 0 radical (unpaired) electrons. The molecule has 0 aromatic rings. The van der Waals surface area contributed by atoms with Crippen LogP contribution in [-0.2, 0) is 9.47 Å². The molecule has 1 aliphatic rings. The van der Waals surface area contributed by atoms with Gasteiger partial charge in [0, 0.05) is 6.61 Å². The highest BCUT2D eigenvalue weighted by Gasteiger charge is 2.48. The van der Waals surface area contributed by atoms with Crippen LogP contribution < -0.4 is 0 Å². The van der Waals surface area contributed by atoms with Gasteiger partial charge in [-0.1, -0.05) is 13.8 Å². The zero-order chi connectivity index (χ0) is 12.3. The van der Waals surface area contributed by atoms with Crippen LogP contribution in [0.5, 0.6) is 0 Å². The van der Waals surface area contributed by atoms with E-state index in [9.17, 15) is 20.4 Å². The number of hydrogen-bond acceptors (Lipinski definition) is 6. The first-order chi connectivity index (χ1) is 7.37. The van der Waals surface area contributed by atoms with Crippen LogP contribution in [0.15, 0.2) is 0 Å². The predicted octanol–water partition coefficient (Wildman–Crippen LogP) is -1.54. The molecule has 1 saturated heterocycles. The molecule has 0 unspecified atom stereocenters. The maximum absolute atomic E-state index is 9.87. The van der Waals surface area contributed by atoms with Crippen molar-refractivity contribution >= 4 is 0 Å². The fraction of sp³-hybridized carbons (Fsp3) is 1.00. The quantitative estimate of drug-likeness (QED) is 0.472. The molecule has 0 spiro atoms. The summed E-state index contributed by atoms with van der Waals surface area (Å²) in [6.07, 6.45) is -4.20. The molecule has 4 atom stereocenters. The van der Waals surface area contributed by atoms with Crippen molar-refractivity contribution in [1.29, 1.82) is 0 Å². The standard InChI is InChI=1S/C10H20O6/c1-6(2)3-15-5-10(14)9(13)8(12)7(11)4-16-10/h6-9,11-14H,3-5H2,1-2H3/t7-,8-,9+,10+/m1/s1. The smallest absolute Gasteiger partial charge is 0.219 e. The molecule has 16 heavy (non-hydrogen) atoms. The van der Waals surface area contributed by atoms with E-state index in [4.69, 9.17) is 9.47 Å². The molecule has 96 valence electrons. The molecule has 1 fully saturated rings. The number of aliphatic hydroxyl groups excluding tert-OH is 3. The second kappa shape index (κ2) is 5.39. The minimum absolute atomic E-state index is 0.236. The summed E-state index contributed by atoms with van der Waals surface area (Å²) in [5.41, 5.74) is 0. The van der Waals surface area contributed by atoms with Crippen LogP contribution >= 0.6 is 0 Å². The van der Waals surface area contributed by atoms with Crippen molar-refractivity contribution in [3.63, 3.8) is 0 Å². The Morgan fingerprint density at radius 2 is 2.00 bits per heavy atom. The van der Waals surface area contributed by atoms with Crippen molar-refractivity contribution < 1.29 is 29.9 Å². The van der Waals surface area contributed by atoms with Crippen molar-refractivity contribution in [2.24, 2.45) is 5.92 Å². The SMILES string of the molecule is CC(C)COC[C@]1(O)OC[C@@H](O)[C@@H](O)[C@@H]1O. The number of hydrogen-bond donors (Lipinski definition) is 4. The van der Waals surface area contributed by atoms with Crippen molar-refractivity contribution in [3.05, 3.63) is 0 Å². The summed E-state index contributed by atoms with van der Waals surface area (Å²) in [5, 5.41) is 38.0. The van der Waals surface area contributed by atoms with Gasteiger partial charge in [-0.15, -0.1) is 0 Å². The molecule has 0 aromatic heterocycles. The monoisotopic (exact) mass is 236 g/mol. The van der Waals surface area contributed by atoms with E-state index in [1.807, 2.05) is 13.8 Å². The van der Waals surface area contributed by atoms with E-state index in [0.717, 1.165) is 0 Å². The molecule has 0 aromatic carbocycles. The third-order valence-corrected chi connectivity index (χ3v) is 2.44. The summed E-state index contributed by atoms with van der Waals surface area (Å²) in [6.45, 7) is 3.83. The van der Waals surface area contributed by atoms with E-state index in [-0.39, 0.29) is 13.2 Å². The Kier molecular flexibility index (Phi) is 4.66. The third-order valence-electron chi connectivity index (χ3n) is 2.44. The van der Waals surface area contributed by atoms with Gasteiger partial charge in [-0.25, -0.2) is 0 Å². The first-order valence-electron chi connectivity index (χ1n) is 5.35. The average molecular weight is 236 g/mol. The Morgan fingerprint density at radius 3 is 2.56 bits per heavy atom. The van der Waals surface area contributed by atoms with Crippen LogP contribution in [0.3, 0.4) is 0 Å². The summed E-state index contributed by atoms with van der Waals surface area (Å²) in [5.74, 6) is -1.66.